The summed E-state index contributed by atoms with van der Waals surface area (Å²) in [5.74, 6) is 0.449. The molecule has 1 unspecified atom stereocenters. The molecule has 1 atom stereocenters. The molecule has 3 rings (SSSR count). The molecule has 1 heterocycles. The Balaban J connectivity index is 1.67. The van der Waals surface area contributed by atoms with Crippen molar-refractivity contribution in [1.29, 1.82) is 0 Å². The van der Waals surface area contributed by atoms with E-state index in [1.54, 1.807) is 19.2 Å². The summed E-state index contributed by atoms with van der Waals surface area (Å²) >= 11 is 1.12. The number of ether oxygens (including phenoxy) is 2. The molecule has 2 N–H and O–H groups in total. The fourth-order valence-corrected chi connectivity index (χ4v) is 3.68. The number of hydrogen-bond donors (Lipinski definition) is 2. The summed E-state index contributed by atoms with van der Waals surface area (Å²) in [6.07, 6.45) is -4.15. The molecule has 0 aliphatic heterocycles. The second-order valence-electron chi connectivity index (χ2n) is 6.54. The van der Waals surface area contributed by atoms with Gasteiger partial charge in [-0.1, -0.05) is 29.5 Å². The normalized spacial score (nSPS) is 12.5. The Hall–Kier alpha value is -2.69. The topological polar surface area (TPSA) is 76.5 Å². The predicted molar refractivity (Wildman–Crippen MR) is 111 cm³/mol. The number of aromatic nitrogens is 2. The molecule has 0 amide bonds. The lowest BCUT2D eigenvalue weighted by Crippen LogP contribution is -2.19. The van der Waals surface area contributed by atoms with E-state index in [9.17, 15) is 18.3 Å². The number of nitrogens with zero attached hydrogens (tertiary/aromatic N) is 2. The van der Waals surface area contributed by atoms with Crippen molar-refractivity contribution in [3.05, 3.63) is 59.1 Å². The number of hydrogen-bond acceptors (Lipinski definition) is 7. The molecule has 6 nitrogen and oxygen atoms in total. The van der Waals surface area contributed by atoms with E-state index in [0.717, 1.165) is 17.4 Å². The summed E-state index contributed by atoms with van der Waals surface area (Å²) in [7, 11) is 1.65. The van der Waals surface area contributed by atoms with Gasteiger partial charge in [-0.05, 0) is 37.4 Å². The minimum Gasteiger partial charge on any atom is -0.493 e. The molecule has 3 aromatic rings. The highest BCUT2D eigenvalue weighted by Gasteiger charge is 2.35. The highest BCUT2D eigenvalue weighted by Crippen LogP contribution is 2.39. The first-order valence-electron chi connectivity index (χ1n) is 9.56. The number of para-hydroxylation sites is 1. The number of alkyl halides is 3. The van der Waals surface area contributed by atoms with Crippen molar-refractivity contribution in [2.45, 2.75) is 18.6 Å². The summed E-state index contributed by atoms with van der Waals surface area (Å²) in [6, 6.07) is 12.5. The molecule has 1 aromatic heterocycles. The van der Waals surface area contributed by atoms with Gasteiger partial charge in [0.25, 0.3) is 0 Å². The number of likely N-dealkylation sites (N-methyl/N-ethyl adjacent to an activating group) is 1. The summed E-state index contributed by atoms with van der Waals surface area (Å²) in [5, 5.41) is 21.0. The molecule has 0 aliphatic rings. The third-order valence-corrected chi connectivity index (χ3v) is 5.45. The van der Waals surface area contributed by atoms with Crippen LogP contribution < -0.4 is 14.8 Å². The lowest BCUT2D eigenvalue weighted by Gasteiger charge is -2.15. The van der Waals surface area contributed by atoms with Gasteiger partial charge in [0.15, 0.2) is 0 Å². The van der Waals surface area contributed by atoms with Crippen molar-refractivity contribution in [2.24, 2.45) is 0 Å². The van der Waals surface area contributed by atoms with Gasteiger partial charge in [-0.3, -0.25) is 0 Å². The largest absolute Gasteiger partial charge is 0.493 e. The highest BCUT2D eigenvalue weighted by atomic mass is 32.1. The van der Waals surface area contributed by atoms with Crippen molar-refractivity contribution >= 4 is 11.3 Å². The van der Waals surface area contributed by atoms with Crippen LogP contribution in [0.3, 0.4) is 0 Å². The van der Waals surface area contributed by atoms with Crippen molar-refractivity contribution in [3.8, 4) is 22.1 Å². The number of aliphatic hydroxyl groups is 1. The maximum Gasteiger partial charge on any atom is 0.419 e. The number of nitrogens with one attached hydrogen (secondary N) is 1. The maximum atomic E-state index is 13.6. The van der Waals surface area contributed by atoms with E-state index >= 15 is 0 Å². The zero-order chi connectivity index (χ0) is 22.3. The minimum atomic E-state index is -4.59. The fraction of sp³-hybridized carbons (Fsp3) is 0.333. The summed E-state index contributed by atoms with van der Waals surface area (Å²) in [5.41, 5.74) is -0.596. The van der Waals surface area contributed by atoms with Crippen LogP contribution in [-0.2, 0) is 6.18 Å². The van der Waals surface area contributed by atoms with Crippen LogP contribution in [0.2, 0.25) is 0 Å². The molecule has 0 saturated heterocycles. The third kappa shape index (κ3) is 6.16. The molecule has 2 aromatic carbocycles. The average molecular weight is 453 g/mol. The quantitative estimate of drug-likeness (QED) is 0.445. The van der Waals surface area contributed by atoms with E-state index in [1.165, 1.54) is 12.1 Å². The van der Waals surface area contributed by atoms with Gasteiger partial charge in [-0.15, -0.1) is 10.2 Å². The van der Waals surface area contributed by atoms with Crippen molar-refractivity contribution in [3.63, 3.8) is 0 Å². The smallest absolute Gasteiger partial charge is 0.419 e. The molecule has 10 heteroatoms. The Morgan fingerprint density at radius 2 is 1.81 bits per heavy atom. The zero-order valence-corrected chi connectivity index (χ0v) is 17.5. The van der Waals surface area contributed by atoms with E-state index in [1.807, 2.05) is 18.2 Å². The van der Waals surface area contributed by atoms with Gasteiger partial charge in [-0.2, -0.15) is 13.2 Å². The average Bonchev–Trinajstić information content (AvgIpc) is 3.24. The summed E-state index contributed by atoms with van der Waals surface area (Å²) < 4.78 is 51.7. The Bertz CT molecular complexity index is 963. The Labute approximate surface area is 181 Å². The molecule has 0 bridgehead atoms. The highest BCUT2D eigenvalue weighted by molar-refractivity contribution is 7.14. The van der Waals surface area contributed by atoms with E-state index < -0.39 is 17.8 Å². The molecule has 166 valence electrons. The van der Waals surface area contributed by atoms with Gasteiger partial charge in [0.2, 0.25) is 0 Å². The Morgan fingerprint density at radius 3 is 2.48 bits per heavy atom. The number of benzene rings is 2. The maximum absolute atomic E-state index is 13.6. The van der Waals surface area contributed by atoms with Crippen LogP contribution in [0.1, 0.15) is 23.0 Å². The van der Waals surface area contributed by atoms with Crippen LogP contribution in [0.15, 0.2) is 48.5 Å². The van der Waals surface area contributed by atoms with Gasteiger partial charge in [0.05, 0.1) is 31.4 Å². The molecule has 31 heavy (non-hydrogen) atoms. The van der Waals surface area contributed by atoms with E-state index in [0.29, 0.717) is 28.8 Å². The second-order valence-corrected chi connectivity index (χ2v) is 7.55. The molecular formula is C21H22F3N3O3S. The lowest BCUT2D eigenvalue weighted by molar-refractivity contribution is -0.138. The van der Waals surface area contributed by atoms with Crippen LogP contribution >= 0.6 is 11.3 Å². The molecule has 0 saturated carbocycles. The molecule has 0 aliphatic carbocycles. The van der Waals surface area contributed by atoms with E-state index in [4.69, 9.17) is 9.47 Å². The second kappa shape index (κ2) is 10.6. The Kier molecular flexibility index (Phi) is 7.83. The first-order chi connectivity index (χ1) is 14.9. The van der Waals surface area contributed by atoms with Gasteiger partial charge in [-0.25, -0.2) is 0 Å². The summed E-state index contributed by atoms with van der Waals surface area (Å²) in [6.45, 7) is 0.215. The van der Waals surface area contributed by atoms with E-state index in [2.05, 4.69) is 15.5 Å². The van der Waals surface area contributed by atoms with Crippen LogP contribution in [-0.4, -0.2) is 42.2 Å². The monoisotopic (exact) mass is 453 g/mol. The summed E-state index contributed by atoms with van der Waals surface area (Å²) in [4.78, 5) is 0. The lowest BCUT2D eigenvalue weighted by atomic mass is 10.1. The number of aliphatic hydroxyl groups excluding tert-OH is 1. The van der Waals surface area contributed by atoms with Gasteiger partial charge in [0.1, 0.15) is 21.5 Å². The van der Waals surface area contributed by atoms with Gasteiger partial charge in [0, 0.05) is 12.0 Å². The van der Waals surface area contributed by atoms with E-state index in [-0.39, 0.29) is 24.5 Å². The first-order valence-corrected chi connectivity index (χ1v) is 10.4. The third-order valence-electron chi connectivity index (χ3n) is 4.36. The van der Waals surface area contributed by atoms with Crippen molar-refractivity contribution in [2.75, 3.05) is 26.9 Å². The predicted octanol–water partition coefficient (Wildman–Crippen LogP) is 4.32. The number of rotatable bonds is 10. The van der Waals surface area contributed by atoms with Crippen LogP contribution in [0, 0.1) is 0 Å². The fourth-order valence-electron chi connectivity index (χ4n) is 2.74. The van der Waals surface area contributed by atoms with Crippen molar-refractivity contribution in [1.82, 2.24) is 15.5 Å². The zero-order valence-electron chi connectivity index (χ0n) is 16.7. The Morgan fingerprint density at radius 1 is 1.06 bits per heavy atom. The minimum absolute atomic E-state index is 0.0819. The standard InChI is InChI=1S/C21H22F3N3O3S/c1-25-17(13-28)20-27-26-19(31-20)14-8-9-18(16(12-14)21(22,23)24)30-11-5-10-29-15-6-3-2-4-7-15/h2-4,6-9,12,17,25,28H,5,10-11,13H2,1H3. The van der Waals surface area contributed by atoms with Crippen LogP contribution in [0.4, 0.5) is 13.2 Å². The molecular weight excluding hydrogens is 431 g/mol. The molecule has 0 spiro atoms. The number of halogens is 3. The SMILES string of the molecule is CNC(CO)c1nnc(-c2ccc(OCCCOc3ccccc3)c(C(F)(F)F)c2)s1. The van der Waals surface area contributed by atoms with Crippen molar-refractivity contribution < 1.29 is 27.8 Å². The van der Waals surface area contributed by atoms with Crippen LogP contribution in [0.5, 0.6) is 11.5 Å². The van der Waals surface area contributed by atoms with Gasteiger partial charge >= 0.3 is 6.18 Å². The molecule has 0 radical (unpaired) electrons. The first kappa shape index (κ1) is 23.0. The van der Waals surface area contributed by atoms with Gasteiger partial charge < -0.3 is 19.9 Å². The molecule has 0 fully saturated rings. The van der Waals surface area contributed by atoms with Crippen LogP contribution in [0.25, 0.3) is 10.6 Å².